The molecular weight excluding hydrogens is 290 g/mol. The predicted octanol–water partition coefficient (Wildman–Crippen LogP) is 1.19. The number of ether oxygens (including phenoxy) is 1. The number of carboxylic acid groups (broad SMARTS) is 1. The van der Waals surface area contributed by atoms with Gasteiger partial charge in [-0.3, -0.25) is 10.1 Å². The van der Waals surface area contributed by atoms with Crippen molar-refractivity contribution in [3.8, 4) is 0 Å². The Balaban J connectivity index is 2.21. The van der Waals surface area contributed by atoms with E-state index in [9.17, 15) is 14.4 Å². The zero-order valence-corrected chi connectivity index (χ0v) is 12.6. The Morgan fingerprint density at radius 3 is 2.50 bits per heavy atom. The van der Waals surface area contributed by atoms with Crippen LogP contribution in [0.1, 0.15) is 32.6 Å². The second-order valence-electron chi connectivity index (χ2n) is 5.12. The molecule has 0 aromatic rings. The molecule has 1 saturated carbocycles. The van der Waals surface area contributed by atoms with Gasteiger partial charge in [-0.25, -0.2) is 9.59 Å². The molecule has 1 fully saturated rings. The van der Waals surface area contributed by atoms with Crippen molar-refractivity contribution in [2.75, 3.05) is 13.2 Å². The molecule has 0 aromatic carbocycles. The number of hydrogen-bond acceptors (Lipinski definition) is 4. The first-order valence-corrected chi connectivity index (χ1v) is 7.37. The maximum atomic E-state index is 11.6. The van der Waals surface area contributed by atoms with Crippen LogP contribution in [0.4, 0.5) is 9.59 Å². The molecule has 22 heavy (non-hydrogen) atoms. The van der Waals surface area contributed by atoms with E-state index in [1.165, 1.54) is 6.26 Å². The van der Waals surface area contributed by atoms with Crippen molar-refractivity contribution in [1.29, 1.82) is 0 Å². The molecule has 0 saturated heterocycles. The number of carbonyl (C=O) groups is 3. The van der Waals surface area contributed by atoms with Crippen LogP contribution in [0.2, 0.25) is 0 Å². The summed E-state index contributed by atoms with van der Waals surface area (Å²) in [4.78, 5) is 33.4. The largest absolute Gasteiger partial charge is 0.501 e. The second kappa shape index (κ2) is 9.64. The van der Waals surface area contributed by atoms with Gasteiger partial charge in [0.05, 0.1) is 12.9 Å². The Bertz CT molecular complexity index is 417. The highest BCUT2D eigenvalue weighted by Crippen LogP contribution is 2.23. The van der Waals surface area contributed by atoms with Crippen LogP contribution in [0.25, 0.3) is 0 Å². The number of rotatable bonds is 6. The first kappa shape index (κ1) is 17.8. The molecule has 8 heteroatoms. The highest BCUT2D eigenvalue weighted by Gasteiger charge is 2.22. The topological polar surface area (TPSA) is 117 Å². The molecule has 0 atom stereocenters. The number of hydrogen-bond donors (Lipinski definition) is 4. The van der Waals surface area contributed by atoms with Gasteiger partial charge in [-0.05, 0) is 38.5 Å². The highest BCUT2D eigenvalue weighted by atomic mass is 16.5. The van der Waals surface area contributed by atoms with E-state index in [1.807, 2.05) is 0 Å². The van der Waals surface area contributed by atoms with Crippen molar-refractivity contribution >= 4 is 18.0 Å². The Kier molecular flexibility index (Phi) is 7.80. The SMILES string of the molecule is CCOC=CC(=O)NC(=O)NC1CCC(CNC(=O)O)CC1. The number of nitrogens with one attached hydrogen (secondary N) is 3. The van der Waals surface area contributed by atoms with Gasteiger partial charge in [0.25, 0.3) is 5.91 Å². The average Bonchev–Trinajstić information content (AvgIpc) is 2.46. The molecule has 0 aromatic heterocycles. The lowest BCUT2D eigenvalue weighted by atomic mass is 9.86. The number of amides is 4. The minimum Gasteiger partial charge on any atom is -0.501 e. The smallest absolute Gasteiger partial charge is 0.404 e. The molecule has 0 heterocycles. The molecule has 4 N–H and O–H groups in total. The fourth-order valence-electron chi connectivity index (χ4n) is 2.32. The molecule has 0 radical (unpaired) electrons. The molecule has 0 aliphatic heterocycles. The van der Waals surface area contributed by atoms with E-state index in [0.717, 1.165) is 31.8 Å². The molecule has 1 rings (SSSR count). The summed E-state index contributed by atoms with van der Waals surface area (Å²) in [6.07, 6.45) is 4.58. The van der Waals surface area contributed by atoms with E-state index in [1.54, 1.807) is 6.92 Å². The fraction of sp³-hybridized carbons (Fsp3) is 0.643. The summed E-state index contributed by atoms with van der Waals surface area (Å²) in [6.45, 7) is 2.68. The summed E-state index contributed by atoms with van der Waals surface area (Å²) < 4.78 is 4.87. The van der Waals surface area contributed by atoms with Gasteiger partial charge in [0.15, 0.2) is 0 Å². The minimum atomic E-state index is -1.02. The first-order valence-electron chi connectivity index (χ1n) is 7.37. The second-order valence-corrected chi connectivity index (χ2v) is 5.12. The van der Waals surface area contributed by atoms with Crippen molar-refractivity contribution in [3.05, 3.63) is 12.3 Å². The van der Waals surface area contributed by atoms with Crippen LogP contribution in [0, 0.1) is 5.92 Å². The summed E-state index contributed by atoms with van der Waals surface area (Å²) in [5.74, 6) is -0.238. The maximum Gasteiger partial charge on any atom is 0.404 e. The van der Waals surface area contributed by atoms with Gasteiger partial charge in [0, 0.05) is 18.7 Å². The van der Waals surface area contributed by atoms with Crippen LogP contribution in [0.3, 0.4) is 0 Å². The molecule has 0 bridgehead atoms. The number of carbonyl (C=O) groups excluding carboxylic acids is 2. The van der Waals surface area contributed by atoms with E-state index in [4.69, 9.17) is 9.84 Å². The Labute approximate surface area is 129 Å². The van der Waals surface area contributed by atoms with Gasteiger partial charge in [-0.1, -0.05) is 0 Å². The molecule has 0 spiro atoms. The average molecular weight is 313 g/mol. The lowest BCUT2D eigenvalue weighted by Gasteiger charge is -2.28. The van der Waals surface area contributed by atoms with Crippen molar-refractivity contribution in [2.24, 2.45) is 5.92 Å². The standard InChI is InChI=1S/C14H23N3O5/c1-2-22-8-7-12(18)17-13(19)16-11-5-3-10(4-6-11)9-15-14(20)21/h7-8,10-11,15H,2-6,9H2,1H3,(H,20,21)(H2,16,17,18,19). The van der Waals surface area contributed by atoms with Crippen LogP contribution < -0.4 is 16.0 Å². The molecule has 124 valence electrons. The van der Waals surface area contributed by atoms with E-state index >= 15 is 0 Å². The van der Waals surface area contributed by atoms with E-state index in [-0.39, 0.29) is 6.04 Å². The van der Waals surface area contributed by atoms with Crippen molar-refractivity contribution in [3.63, 3.8) is 0 Å². The third kappa shape index (κ3) is 7.51. The summed E-state index contributed by atoms with van der Waals surface area (Å²) in [5.41, 5.74) is 0. The summed E-state index contributed by atoms with van der Waals surface area (Å²) >= 11 is 0. The first-order chi connectivity index (χ1) is 10.5. The molecule has 4 amide bonds. The number of urea groups is 1. The Hall–Kier alpha value is -2.25. The van der Waals surface area contributed by atoms with Gasteiger partial charge >= 0.3 is 12.1 Å². The zero-order valence-electron chi connectivity index (χ0n) is 12.6. The van der Waals surface area contributed by atoms with Crippen LogP contribution in [-0.2, 0) is 9.53 Å². The lowest BCUT2D eigenvalue weighted by molar-refractivity contribution is -0.115. The van der Waals surface area contributed by atoms with Crippen LogP contribution in [0.5, 0.6) is 0 Å². The minimum absolute atomic E-state index is 0.00440. The molecule has 8 nitrogen and oxygen atoms in total. The van der Waals surface area contributed by atoms with Crippen LogP contribution in [0.15, 0.2) is 12.3 Å². The summed E-state index contributed by atoms with van der Waals surface area (Å²) in [5, 5.41) is 15.9. The third-order valence-electron chi connectivity index (χ3n) is 3.44. The number of imide groups is 1. The van der Waals surface area contributed by atoms with Crippen molar-refractivity contribution < 1.29 is 24.2 Å². The molecular formula is C14H23N3O5. The van der Waals surface area contributed by atoms with Gasteiger partial charge in [0.2, 0.25) is 0 Å². The maximum absolute atomic E-state index is 11.6. The monoisotopic (exact) mass is 313 g/mol. The van der Waals surface area contributed by atoms with Gasteiger partial charge in [-0.2, -0.15) is 0 Å². The van der Waals surface area contributed by atoms with Crippen LogP contribution in [-0.4, -0.2) is 42.3 Å². The predicted molar refractivity (Wildman–Crippen MR) is 79.2 cm³/mol. The van der Waals surface area contributed by atoms with E-state index in [0.29, 0.717) is 19.1 Å². The molecule has 0 unspecified atom stereocenters. The third-order valence-corrected chi connectivity index (χ3v) is 3.44. The lowest BCUT2D eigenvalue weighted by Crippen LogP contribution is -2.45. The quantitative estimate of drug-likeness (QED) is 0.434. The summed E-state index contributed by atoms with van der Waals surface area (Å²) in [6, 6.07) is -0.525. The van der Waals surface area contributed by atoms with E-state index < -0.39 is 18.0 Å². The highest BCUT2D eigenvalue weighted by molar-refractivity contribution is 6.00. The van der Waals surface area contributed by atoms with Crippen molar-refractivity contribution in [1.82, 2.24) is 16.0 Å². The summed E-state index contributed by atoms with van der Waals surface area (Å²) in [7, 11) is 0. The van der Waals surface area contributed by atoms with Gasteiger partial charge in [-0.15, -0.1) is 0 Å². The Morgan fingerprint density at radius 2 is 1.91 bits per heavy atom. The molecule has 1 aliphatic carbocycles. The van der Waals surface area contributed by atoms with Crippen LogP contribution >= 0.6 is 0 Å². The fourth-order valence-corrected chi connectivity index (χ4v) is 2.32. The van der Waals surface area contributed by atoms with Crippen molar-refractivity contribution in [2.45, 2.75) is 38.6 Å². The van der Waals surface area contributed by atoms with Gasteiger partial charge < -0.3 is 20.5 Å². The normalized spacial score (nSPS) is 21.1. The molecule has 1 aliphatic rings. The van der Waals surface area contributed by atoms with Gasteiger partial charge in [0.1, 0.15) is 0 Å². The van der Waals surface area contributed by atoms with E-state index in [2.05, 4.69) is 16.0 Å². The zero-order chi connectivity index (χ0) is 16.4. The Morgan fingerprint density at radius 1 is 1.23 bits per heavy atom.